The predicted octanol–water partition coefficient (Wildman–Crippen LogP) is 16.8. The van der Waals surface area contributed by atoms with Gasteiger partial charge in [-0.3, -0.25) is 14.4 Å². The number of esters is 3. The van der Waals surface area contributed by atoms with Gasteiger partial charge in [0, 0.05) is 19.3 Å². The summed E-state index contributed by atoms with van der Waals surface area (Å²) in [5, 5.41) is 0. The fourth-order valence-electron chi connectivity index (χ4n) is 7.52. The third-order valence-corrected chi connectivity index (χ3v) is 11.5. The van der Waals surface area contributed by atoms with Gasteiger partial charge in [-0.15, -0.1) is 0 Å². The molecule has 0 N–H and O–H groups in total. The summed E-state index contributed by atoms with van der Waals surface area (Å²) in [6, 6.07) is 0. The summed E-state index contributed by atoms with van der Waals surface area (Å²) in [7, 11) is 0. The Bertz CT molecular complexity index is 958. The summed E-state index contributed by atoms with van der Waals surface area (Å²) in [5.74, 6) is -0.872. The van der Waals surface area contributed by atoms with Gasteiger partial charge >= 0.3 is 17.9 Å². The average molecular weight is 831 g/mol. The van der Waals surface area contributed by atoms with Crippen LogP contribution in [0.15, 0.2) is 24.3 Å². The van der Waals surface area contributed by atoms with Crippen LogP contribution < -0.4 is 0 Å². The van der Waals surface area contributed by atoms with Gasteiger partial charge in [-0.25, -0.2) is 0 Å². The first kappa shape index (κ1) is 56.9. The van der Waals surface area contributed by atoms with Crippen molar-refractivity contribution in [1.29, 1.82) is 0 Å². The van der Waals surface area contributed by atoms with E-state index in [-0.39, 0.29) is 31.1 Å². The van der Waals surface area contributed by atoms with Crippen LogP contribution in [0.4, 0.5) is 0 Å². The molecule has 0 aliphatic carbocycles. The maximum atomic E-state index is 12.8. The highest BCUT2D eigenvalue weighted by Gasteiger charge is 2.19. The van der Waals surface area contributed by atoms with Crippen molar-refractivity contribution in [2.45, 2.75) is 284 Å². The third kappa shape index (κ3) is 46.8. The van der Waals surface area contributed by atoms with E-state index < -0.39 is 6.10 Å². The van der Waals surface area contributed by atoms with Crippen LogP contribution in [0.25, 0.3) is 0 Å². The molecule has 6 nitrogen and oxygen atoms in total. The lowest BCUT2D eigenvalue weighted by atomic mass is 10.0. The zero-order valence-corrected chi connectivity index (χ0v) is 39.5. The summed E-state index contributed by atoms with van der Waals surface area (Å²) in [6.45, 7) is 6.61. The number of carbonyl (C=O) groups is 3. The molecule has 0 bridgehead atoms. The lowest BCUT2D eigenvalue weighted by Gasteiger charge is -2.18. The molecule has 0 aromatic rings. The molecule has 0 heterocycles. The van der Waals surface area contributed by atoms with E-state index in [0.717, 1.165) is 83.5 Å². The van der Waals surface area contributed by atoms with Crippen molar-refractivity contribution in [3.8, 4) is 0 Å². The van der Waals surface area contributed by atoms with Crippen LogP contribution in [-0.2, 0) is 28.6 Å². The van der Waals surface area contributed by atoms with E-state index >= 15 is 0 Å². The molecular weight excluding hydrogens is 733 g/mol. The number of unbranched alkanes of at least 4 members (excludes halogenated alkanes) is 32. The van der Waals surface area contributed by atoms with E-state index in [2.05, 4.69) is 45.1 Å². The highest BCUT2D eigenvalue weighted by molar-refractivity contribution is 5.71. The highest BCUT2D eigenvalue weighted by Crippen LogP contribution is 2.16. The summed E-state index contributed by atoms with van der Waals surface area (Å²) in [6.07, 6.45) is 54.4. The topological polar surface area (TPSA) is 78.9 Å². The van der Waals surface area contributed by atoms with Crippen LogP contribution in [-0.4, -0.2) is 37.2 Å². The van der Waals surface area contributed by atoms with Crippen molar-refractivity contribution >= 4 is 17.9 Å². The van der Waals surface area contributed by atoms with Gasteiger partial charge in [0.1, 0.15) is 13.2 Å². The Hall–Kier alpha value is -2.11. The zero-order chi connectivity index (χ0) is 43.0. The van der Waals surface area contributed by atoms with Gasteiger partial charge < -0.3 is 14.2 Å². The van der Waals surface area contributed by atoms with Crippen LogP contribution in [0, 0.1) is 0 Å². The van der Waals surface area contributed by atoms with Gasteiger partial charge in [0.15, 0.2) is 6.10 Å². The fourth-order valence-corrected chi connectivity index (χ4v) is 7.52. The molecule has 0 radical (unpaired) electrons. The molecule has 0 aliphatic rings. The van der Waals surface area contributed by atoms with E-state index in [1.165, 1.54) is 154 Å². The standard InChI is InChI=1S/C53H98O6/c1-4-7-10-13-16-19-22-25-27-29-31-34-37-40-43-46-52(55)58-49-50(48-57-51(54)45-42-39-36-33-30-24-21-18-15-12-9-6-3)59-53(56)47-44-41-38-35-32-28-26-23-20-17-14-11-8-5-2/h14,17,23,26,50H,4-13,15-16,18-22,24-25,27-49H2,1-3H3/b17-14-,26-23-. The first-order valence-electron chi connectivity index (χ1n) is 25.8. The van der Waals surface area contributed by atoms with Crippen LogP contribution in [0.5, 0.6) is 0 Å². The van der Waals surface area contributed by atoms with Crippen molar-refractivity contribution in [3.63, 3.8) is 0 Å². The zero-order valence-electron chi connectivity index (χ0n) is 39.5. The highest BCUT2D eigenvalue weighted by atomic mass is 16.6. The monoisotopic (exact) mass is 831 g/mol. The minimum atomic E-state index is -0.772. The SMILES string of the molecule is CCCC/C=C\C/C=C\CCCCCCCC(=O)OC(COC(=O)CCCCCCCCCCCCCC)COC(=O)CCCCCCCCCCCCCCCCC. The van der Waals surface area contributed by atoms with Crippen molar-refractivity contribution in [2.24, 2.45) is 0 Å². The Balaban J connectivity index is 4.35. The summed E-state index contributed by atoms with van der Waals surface area (Å²) in [5.41, 5.74) is 0. The molecule has 0 saturated carbocycles. The van der Waals surface area contributed by atoms with Gasteiger partial charge in [0.05, 0.1) is 0 Å². The van der Waals surface area contributed by atoms with Gasteiger partial charge in [-0.1, -0.05) is 238 Å². The van der Waals surface area contributed by atoms with Gasteiger partial charge in [-0.2, -0.15) is 0 Å². The number of ether oxygens (including phenoxy) is 3. The molecule has 1 atom stereocenters. The molecule has 346 valence electrons. The minimum absolute atomic E-state index is 0.0722. The number of hydrogen-bond donors (Lipinski definition) is 0. The molecular formula is C53H98O6. The van der Waals surface area contributed by atoms with Gasteiger partial charge in [0.25, 0.3) is 0 Å². The van der Waals surface area contributed by atoms with Crippen LogP contribution in [0.3, 0.4) is 0 Å². The Kier molecular flexibility index (Phi) is 46.8. The average Bonchev–Trinajstić information content (AvgIpc) is 3.23. The molecule has 1 unspecified atom stereocenters. The fraction of sp³-hybridized carbons (Fsp3) is 0.868. The Morgan fingerprint density at radius 3 is 0.983 bits per heavy atom. The summed E-state index contributed by atoms with van der Waals surface area (Å²) < 4.78 is 16.8. The molecule has 6 heteroatoms. The van der Waals surface area contributed by atoms with Crippen molar-refractivity contribution < 1.29 is 28.6 Å². The molecule has 0 amide bonds. The number of hydrogen-bond acceptors (Lipinski definition) is 6. The minimum Gasteiger partial charge on any atom is -0.462 e. The Morgan fingerprint density at radius 2 is 0.627 bits per heavy atom. The van der Waals surface area contributed by atoms with Crippen molar-refractivity contribution in [1.82, 2.24) is 0 Å². The van der Waals surface area contributed by atoms with E-state index in [9.17, 15) is 14.4 Å². The maximum Gasteiger partial charge on any atom is 0.306 e. The molecule has 0 rings (SSSR count). The van der Waals surface area contributed by atoms with Crippen LogP contribution in [0.1, 0.15) is 278 Å². The third-order valence-electron chi connectivity index (χ3n) is 11.5. The van der Waals surface area contributed by atoms with Crippen LogP contribution >= 0.6 is 0 Å². The van der Waals surface area contributed by atoms with Gasteiger partial charge in [0.2, 0.25) is 0 Å². The smallest absolute Gasteiger partial charge is 0.306 e. The van der Waals surface area contributed by atoms with Gasteiger partial charge in [-0.05, 0) is 44.9 Å². The van der Waals surface area contributed by atoms with Crippen molar-refractivity contribution in [2.75, 3.05) is 13.2 Å². The second-order valence-electron chi connectivity index (χ2n) is 17.4. The largest absolute Gasteiger partial charge is 0.462 e. The summed E-state index contributed by atoms with van der Waals surface area (Å²) in [4.78, 5) is 37.9. The number of carbonyl (C=O) groups excluding carboxylic acids is 3. The van der Waals surface area contributed by atoms with E-state index in [1.807, 2.05) is 0 Å². The Morgan fingerprint density at radius 1 is 0.339 bits per heavy atom. The molecule has 0 spiro atoms. The number of rotatable bonds is 47. The first-order valence-corrected chi connectivity index (χ1v) is 25.8. The molecule has 0 saturated heterocycles. The molecule has 0 aliphatic heterocycles. The van der Waals surface area contributed by atoms with E-state index in [4.69, 9.17) is 14.2 Å². The van der Waals surface area contributed by atoms with Crippen LogP contribution in [0.2, 0.25) is 0 Å². The molecule has 59 heavy (non-hydrogen) atoms. The lowest BCUT2D eigenvalue weighted by Crippen LogP contribution is -2.30. The van der Waals surface area contributed by atoms with Crippen molar-refractivity contribution in [3.05, 3.63) is 24.3 Å². The molecule has 0 aromatic heterocycles. The Labute approximate surface area is 366 Å². The quantitative estimate of drug-likeness (QED) is 0.0263. The molecule has 0 aromatic carbocycles. The first-order chi connectivity index (χ1) is 29.0. The van der Waals surface area contributed by atoms with E-state index in [0.29, 0.717) is 19.3 Å². The second kappa shape index (κ2) is 48.6. The number of allylic oxidation sites excluding steroid dienone is 4. The lowest BCUT2D eigenvalue weighted by molar-refractivity contribution is -0.167. The maximum absolute atomic E-state index is 12.8. The second-order valence-corrected chi connectivity index (χ2v) is 17.4. The summed E-state index contributed by atoms with van der Waals surface area (Å²) >= 11 is 0. The normalized spacial score (nSPS) is 12.1. The molecule has 0 fully saturated rings. The van der Waals surface area contributed by atoms with E-state index in [1.54, 1.807) is 0 Å². The predicted molar refractivity (Wildman–Crippen MR) is 252 cm³/mol.